The zero-order chi connectivity index (χ0) is 16.8. The normalized spacial score (nSPS) is 11.7. The van der Waals surface area contributed by atoms with E-state index in [1.807, 2.05) is 48.5 Å². The molecule has 0 saturated heterocycles. The van der Waals surface area contributed by atoms with Crippen LogP contribution in [-0.2, 0) is 11.2 Å². The minimum atomic E-state index is -0.449. The van der Waals surface area contributed by atoms with Crippen LogP contribution in [0, 0.1) is 5.82 Å². The van der Waals surface area contributed by atoms with Crippen molar-refractivity contribution in [3.8, 4) is 0 Å². The van der Waals surface area contributed by atoms with Crippen molar-refractivity contribution in [1.29, 1.82) is 0 Å². The second kappa shape index (κ2) is 7.51. The standard InChI is InChI=1S/C20H17FN2O/c21-18-11-4-5-12-19(18)23-20(24)17(15-8-2-1-3-9-15)14-16-10-6-7-13-22-16/h1-13,17H,14H2,(H,23,24). The van der Waals surface area contributed by atoms with Crippen LogP contribution < -0.4 is 5.32 Å². The van der Waals surface area contributed by atoms with E-state index in [2.05, 4.69) is 10.3 Å². The second-order valence-electron chi connectivity index (χ2n) is 5.46. The van der Waals surface area contributed by atoms with Gasteiger partial charge in [-0.3, -0.25) is 9.78 Å². The third kappa shape index (κ3) is 3.84. The van der Waals surface area contributed by atoms with Crippen molar-refractivity contribution < 1.29 is 9.18 Å². The maximum absolute atomic E-state index is 13.8. The Morgan fingerprint density at radius 1 is 0.958 bits per heavy atom. The quantitative estimate of drug-likeness (QED) is 0.766. The Kier molecular flexibility index (Phi) is 4.96. The van der Waals surface area contributed by atoms with E-state index in [0.717, 1.165) is 11.3 Å². The Hall–Kier alpha value is -3.01. The molecule has 3 aromatic rings. The van der Waals surface area contributed by atoms with Crippen molar-refractivity contribution in [2.24, 2.45) is 0 Å². The maximum atomic E-state index is 13.8. The average Bonchev–Trinajstić information content (AvgIpc) is 2.63. The molecular formula is C20H17FN2O. The number of carbonyl (C=O) groups excluding carboxylic acids is 1. The molecule has 0 aliphatic rings. The smallest absolute Gasteiger partial charge is 0.232 e. The van der Waals surface area contributed by atoms with Crippen LogP contribution in [0.1, 0.15) is 17.2 Å². The van der Waals surface area contributed by atoms with Crippen LogP contribution in [0.3, 0.4) is 0 Å². The number of carbonyl (C=O) groups is 1. The van der Waals surface area contributed by atoms with Gasteiger partial charge in [-0.1, -0.05) is 48.5 Å². The maximum Gasteiger partial charge on any atom is 0.232 e. The molecule has 1 N–H and O–H groups in total. The molecule has 4 heteroatoms. The fraction of sp³-hybridized carbons (Fsp3) is 0.100. The lowest BCUT2D eigenvalue weighted by Gasteiger charge is -2.17. The average molecular weight is 320 g/mol. The Labute approximate surface area is 140 Å². The lowest BCUT2D eigenvalue weighted by molar-refractivity contribution is -0.117. The number of anilines is 1. The number of nitrogens with zero attached hydrogens (tertiary/aromatic N) is 1. The van der Waals surface area contributed by atoms with Crippen molar-refractivity contribution in [2.75, 3.05) is 5.32 Å². The van der Waals surface area contributed by atoms with Gasteiger partial charge in [0.2, 0.25) is 5.91 Å². The molecule has 0 aliphatic carbocycles. The van der Waals surface area contributed by atoms with E-state index in [1.54, 1.807) is 24.4 Å². The van der Waals surface area contributed by atoms with Crippen LogP contribution in [0.15, 0.2) is 79.0 Å². The molecule has 2 aromatic carbocycles. The van der Waals surface area contributed by atoms with E-state index < -0.39 is 11.7 Å². The number of amides is 1. The predicted octanol–water partition coefficient (Wildman–Crippen LogP) is 4.19. The molecule has 3 rings (SSSR count). The highest BCUT2D eigenvalue weighted by Gasteiger charge is 2.22. The minimum absolute atomic E-state index is 0.185. The number of para-hydroxylation sites is 1. The first kappa shape index (κ1) is 15.9. The van der Waals surface area contributed by atoms with Gasteiger partial charge < -0.3 is 5.32 Å². The molecule has 0 aliphatic heterocycles. The number of hydrogen-bond acceptors (Lipinski definition) is 2. The number of aromatic nitrogens is 1. The summed E-state index contributed by atoms with van der Waals surface area (Å²) in [6, 6.07) is 21.2. The third-order valence-electron chi connectivity index (χ3n) is 3.79. The van der Waals surface area contributed by atoms with Crippen LogP contribution in [-0.4, -0.2) is 10.9 Å². The van der Waals surface area contributed by atoms with Crippen LogP contribution in [0.2, 0.25) is 0 Å². The van der Waals surface area contributed by atoms with E-state index in [0.29, 0.717) is 6.42 Å². The summed E-state index contributed by atoms with van der Waals surface area (Å²) in [7, 11) is 0. The van der Waals surface area contributed by atoms with Crippen molar-refractivity contribution in [2.45, 2.75) is 12.3 Å². The summed E-state index contributed by atoms with van der Waals surface area (Å²) in [4.78, 5) is 17.1. The summed E-state index contributed by atoms with van der Waals surface area (Å²) in [5.74, 6) is -1.15. The zero-order valence-electron chi connectivity index (χ0n) is 13.0. The SMILES string of the molecule is O=C(Nc1ccccc1F)C(Cc1ccccn1)c1ccccc1. The molecule has 0 spiro atoms. The molecule has 1 aromatic heterocycles. The van der Waals surface area contributed by atoms with Gasteiger partial charge in [-0.2, -0.15) is 0 Å². The van der Waals surface area contributed by atoms with Gasteiger partial charge in [-0.15, -0.1) is 0 Å². The highest BCUT2D eigenvalue weighted by atomic mass is 19.1. The first-order valence-electron chi connectivity index (χ1n) is 7.74. The molecule has 1 atom stereocenters. The number of nitrogens with one attached hydrogen (secondary N) is 1. The van der Waals surface area contributed by atoms with Gasteiger partial charge in [0.15, 0.2) is 0 Å². The molecule has 0 radical (unpaired) electrons. The Bertz CT molecular complexity index is 806. The molecule has 0 fully saturated rings. The van der Waals surface area contributed by atoms with E-state index in [9.17, 15) is 9.18 Å². The van der Waals surface area contributed by atoms with Crippen LogP contribution in [0.4, 0.5) is 10.1 Å². The molecule has 120 valence electrons. The van der Waals surface area contributed by atoms with Crippen molar-refractivity contribution >= 4 is 11.6 Å². The molecule has 3 nitrogen and oxygen atoms in total. The molecular weight excluding hydrogens is 303 g/mol. The Balaban J connectivity index is 1.87. The third-order valence-corrected chi connectivity index (χ3v) is 3.79. The topological polar surface area (TPSA) is 42.0 Å². The van der Waals surface area contributed by atoms with E-state index in [-0.39, 0.29) is 11.6 Å². The highest BCUT2D eigenvalue weighted by Crippen LogP contribution is 2.23. The fourth-order valence-corrected chi connectivity index (χ4v) is 2.56. The van der Waals surface area contributed by atoms with Gasteiger partial charge in [0.05, 0.1) is 11.6 Å². The highest BCUT2D eigenvalue weighted by molar-refractivity contribution is 5.96. The van der Waals surface area contributed by atoms with Gasteiger partial charge in [-0.05, 0) is 29.8 Å². The lowest BCUT2D eigenvalue weighted by Crippen LogP contribution is -2.23. The second-order valence-corrected chi connectivity index (χ2v) is 5.46. The Morgan fingerprint density at radius 3 is 2.38 bits per heavy atom. The Morgan fingerprint density at radius 2 is 1.67 bits per heavy atom. The summed E-state index contributed by atoms with van der Waals surface area (Å²) in [5, 5.41) is 2.69. The van der Waals surface area contributed by atoms with Gasteiger partial charge >= 0.3 is 0 Å². The summed E-state index contributed by atoms with van der Waals surface area (Å²) in [6.07, 6.45) is 2.15. The van der Waals surface area contributed by atoms with Crippen LogP contribution >= 0.6 is 0 Å². The van der Waals surface area contributed by atoms with Crippen molar-refractivity contribution in [1.82, 2.24) is 4.98 Å². The molecule has 24 heavy (non-hydrogen) atoms. The summed E-state index contributed by atoms with van der Waals surface area (Å²) in [6.45, 7) is 0. The van der Waals surface area contributed by atoms with Gasteiger partial charge in [-0.25, -0.2) is 4.39 Å². The number of benzene rings is 2. The fourth-order valence-electron chi connectivity index (χ4n) is 2.56. The van der Waals surface area contributed by atoms with Crippen LogP contribution in [0.25, 0.3) is 0 Å². The van der Waals surface area contributed by atoms with Crippen molar-refractivity contribution in [3.63, 3.8) is 0 Å². The molecule has 1 amide bonds. The molecule has 0 bridgehead atoms. The number of halogens is 1. The minimum Gasteiger partial charge on any atom is -0.323 e. The lowest BCUT2D eigenvalue weighted by atomic mass is 9.93. The summed E-state index contributed by atoms with van der Waals surface area (Å²) in [5.41, 5.74) is 1.87. The zero-order valence-corrected chi connectivity index (χ0v) is 13.0. The van der Waals surface area contributed by atoms with E-state index in [1.165, 1.54) is 6.07 Å². The first-order chi connectivity index (χ1) is 11.7. The number of pyridine rings is 1. The predicted molar refractivity (Wildman–Crippen MR) is 92.2 cm³/mol. The van der Waals surface area contributed by atoms with Crippen molar-refractivity contribution in [3.05, 3.63) is 96.1 Å². The van der Waals surface area contributed by atoms with Crippen LogP contribution in [0.5, 0.6) is 0 Å². The summed E-state index contributed by atoms with van der Waals surface area (Å²) >= 11 is 0. The molecule has 1 unspecified atom stereocenters. The van der Waals surface area contributed by atoms with E-state index >= 15 is 0 Å². The monoisotopic (exact) mass is 320 g/mol. The first-order valence-corrected chi connectivity index (χ1v) is 7.74. The molecule has 1 heterocycles. The van der Waals surface area contributed by atoms with Gasteiger partial charge in [0, 0.05) is 18.3 Å². The number of rotatable bonds is 5. The summed E-state index contributed by atoms with van der Waals surface area (Å²) < 4.78 is 13.8. The number of hydrogen-bond donors (Lipinski definition) is 1. The largest absolute Gasteiger partial charge is 0.323 e. The molecule has 0 saturated carbocycles. The van der Waals surface area contributed by atoms with E-state index in [4.69, 9.17) is 0 Å². The van der Waals surface area contributed by atoms with Gasteiger partial charge in [0.25, 0.3) is 0 Å². The van der Waals surface area contributed by atoms with Gasteiger partial charge in [0.1, 0.15) is 5.82 Å².